The molecule has 4 N–H and O–H groups in total. The number of aliphatic carboxylic acids is 1. The van der Waals surface area contributed by atoms with E-state index in [1.54, 1.807) is 12.1 Å². The highest BCUT2D eigenvalue weighted by atomic mass is 79.9. The van der Waals surface area contributed by atoms with Gasteiger partial charge < -0.3 is 16.2 Å². The molecule has 1 aliphatic carbocycles. The molecule has 0 unspecified atom stereocenters. The molecule has 8 heteroatoms. The fraction of sp³-hybridized carbons (Fsp3) is 0.350. The number of halogens is 1. The third kappa shape index (κ3) is 4.28. The number of carbonyl (C=O) groups is 3. The van der Waals surface area contributed by atoms with E-state index in [4.69, 9.17) is 5.73 Å². The Morgan fingerprint density at radius 1 is 1.14 bits per heavy atom. The van der Waals surface area contributed by atoms with Crippen LogP contribution in [0.1, 0.15) is 37.0 Å². The van der Waals surface area contributed by atoms with Crippen LogP contribution in [0.4, 0.5) is 5.69 Å². The molecule has 1 aliphatic rings. The van der Waals surface area contributed by atoms with E-state index in [1.807, 2.05) is 18.2 Å². The van der Waals surface area contributed by atoms with Gasteiger partial charge in [0, 0.05) is 19.9 Å². The highest BCUT2D eigenvalue weighted by molar-refractivity contribution is 9.10. The van der Waals surface area contributed by atoms with Crippen LogP contribution in [0.25, 0.3) is 10.4 Å². The van der Waals surface area contributed by atoms with Crippen LogP contribution in [0.15, 0.2) is 34.8 Å². The number of thiophene rings is 1. The highest BCUT2D eigenvalue weighted by Gasteiger charge is 2.46. The molecule has 28 heavy (non-hydrogen) atoms. The Balaban J connectivity index is 1.76. The lowest BCUT2D eigenvalue weighted by molar-refractivity contribution is -0.156. The second-order valence-electron chi connectivity index (χ2n) is 7.01. The average molecular weight is 465 g/mol. The first-order valence-corrected chi connectivity index (χ1v) is 10.6. The van der Waals surface area contributed by atoms with Crippen LogP contribution in [0, 0.1) is 5.41 Å². The Kier molecular flexibility index (Phi) is 6.20. The van der Waals surface area contributed by atoms with Gasteiger partial charge in [-0.1, -0.05) is 31.4 Å². The minimum atomic E-state index is -1.34. The number of hydrogen-bond donors (Lipinski definition) is 3. The predicted molar refractivity (Wildman–Crippen MR) is 112 cm³/mol. The van der Waals surface area contributed by atoms with Crippen molar-refractivity contribution in [1.82, 2.24) is 0 Å². The molecule has 0 atom stereocenters. The van der Waals surface area contributed by atoms with Crippen molar-refractivity contribution in [3.63, 3.8) is 0 Å². The van der Waals surface area contributed by atoms with Crippen molar-refractivity contribution in [3.8, 4) is 10.4 Å². The van der Waals surface area contributed by atoms with Gasteiger partial charge in [-0.2, -0.15) is 0 Å². The summed E-state index contributed by atoms with van der Waals surface area (Å²) in [6.07, 6.45) is 3.39. The van der Waals surface area contributed by atoms with E-state index >= 15 is 0 Å². The van der Waals surface area contributed by atoms with Gasteiger partial charge in [0.2, 0.25) is 11.8 Å². The fourth-order valence-corrected chi connectivity index (χ4v) is 5.48. The molecule has 6 nitrogen and oxygen atoms in total. The Hall–Kier alpha value is -2.19. The summed E-state index contributed by atoms with van der Waals surface area (Å²) in [5.74, 6) is -1.88. The Bertz CT molecular complexity index is 901. The zero-order valence-electron chi connectivity index (χ0n) is 15.2. The van der Waals surface area contributed by atoms with E-state index in [9.17, 15) is 19.5 Å². The Morgan fingerprint density at radius 2 is 1.79 bits per heavy atom. The van der Waals surface area contributed by atoms with Crippen molar-refractivity contribution in [2.75, 3.05) is 5.32 Å². The van der Waals surface area contributed by atoms with Crippen molar-refractivity contribution in [3.05, 3.63) is 39.7 Å². The number of carboxylic acids is 1. The summed E-state index contributed by atoms with van der Waals surface area (Å²) in [7, 11) is 0. The molecule has 0 spiro atoms. The maximum atomic E-state index is 12.7. The van der Waals surface area contributed by atoms with Gasteiger partial charge in [0.1, 0.15) is 5.41 Å². The smallest absolute Gasteiger partial charge is 0.319 e. The summed E-state index contributed by atoms with van der Waals surface area (Å²) in [5.41, 5.74) is 5.40. The van der Waals surface area contributed by atoms with Gasteiger partial charge in [-0.05, 0) is 52.5 Å². The first-order valence-electron chi connectivity index (χ1n) is 9.03. The van der Waals surface area contributed by atoms with Crippen LogP contribution in [-0.4, -0.2) is 22.9 Å². The molecule has 1 saturated carbocycles. The SMILES string of the molecule is NC(=O)Cc1cc(Br)c(-c2ccc(NC(=O)C3(C(=O)O)CCCCC3)cc2)s1. The van der Waals surface area contributed by atoms with Gasteiger partial charge >= 0.3 is 5.97 Å². The number of carboxylic acid groups (broad SMARTS) is 1. The zero-order valence-corrected chi connectivity index (χ0v) is 17.6. The van der Waals surface area contributed by atoms with Crippen molar-refractivity contribution in [2.24, 2.45) is 11.1 Å². The van der Waals surface area contributed by atoms with Crippen molar-refractivity contribution in [2.45, 2.75) is 38.5 Å². The standard InChI is InChI=1S/C20H21BrN2O4S/c21-15-10-14(11-16(22)24)28-17(15)12-4-6-13(7-5-12)23-18(25)20(19(26)27)8-2-1-3-9-20/h4-7,10H,1-3,8-9,11H2,(H2,22,24)(H,23,25)(H,26,27). The average Bonchev–Trinajstić information content (AvgIpc) is 3.02. The van der Waals surface area contributed by atoms with Crippen molar-refractivity contribution >= 4 is 50.7 Å². The molecular formula is C20H21BrN2O4S. The molecule has 148 valence electrons. The monoisotopic (exact) mass is 464 g/mol. The predicted octanol–water partition coefficient (Wildman–Crippen LogP) is 4.18. The largest absolute Gasteiger partial charge is 0.480 e. The van der Waals surface area contributed by atoms with Gasteiger partial charge in [-0.15, -0.1) is 11.3 Å². The minimum Gasteiger partial charge on any atom is -0.480 e. The van der Waals surface area contributed by atoms with Gasteiger partial charge in [0.05, 0.1) is 6.42 Å². The van der Waals surface area contributed by atoms with Crippen molar-refractivity contribution < 1.29 is 19.5 Å². The summed E-state index contributed by atoms with van der Waals surface area (Å²) in [5, 5.41) is 12.4. The van der Waals surface area contributed by atoms with E-state index in [2.05, 4.69) is 21.2 Å². The normalized spacial score (nSPS) is 15.8. The van der Waals surface area contributed by atoms with Gasteiger partial charge in [-0.25, -0.2) is 0 Å². The van der Waals surface area contributed by atoms with E-state index in [-0.39, 0.29) is 12.3 Å². The van der Waals surface area contributed by atoms with Gasteiger partial charge in [0.25, 0.3) is 0 Å². The molecule has 1 fully saturated rings. The third-order valence-corrected chi connectivity index (χ3v) is 7.11. The van der Waals surface area contributed by atoms with Crippen LogP contribution in [0.3, 0.4) is 0 Å². The molecule has 2 amide bonds. The fourth-order valence-electron chi connectivity index (χ4n) is 3.52. The Morgan fingerprint density at radius 3 is 2.36 bits per heavy atom. The quantitative estimate of drug-likeness (QED) is 0.556. The summed E-state index contributed by atoms with van der Waals surface area (Å²) in [6.45, 7) is 0. The molecule has 0 saturated heterocycles. The number of anilines is 1. The minimum absolute atomic E-state index is 0.189. The van der Waals surface area contributed by atoms with Gasteiger partial charge in [0.15, 0.2) is 0 Å². The van der Waals surface area contributed by atoms with E-state index in [0.29, 0.717) is 18.5 Å². The Labute approximate surface area is 175 Å². The van der Waals surface area contributed by atoms with E-state index in [1.165, 1.54) is 11.3 Å². The topological polar surface area (TPSA) is 109 Å². The van der Waals surface area contributed by atoms with Crippen LogP contribution in [-0.2, 0) is 20.8 Å². The molecule has 1 aromatic carbocycles. The maximum absolute atomic E-state index is 12.7. The summed E-state index contributed by atoms with van der Waals surface area (Å²) in [4.78, 5) is 37.4. The van der Waals surface area contributed by atoms with Crippen LogP contribution >= 0.6 is 27.3 Å². The maximum Gasteiger partial charge on any atom is 0.319 e. The summed E-state index contributed by atoms with van der Waals surface area (Å²) in [6, 6.07) is 9.10. The lowest BCUT2D eigenvalue weighted by atomic mass is 9.73. The number of carbonyl (C=O) groups excluding carboxylic acids is 2. The van der Waals surface area contributed by atoms with Gasteiger partial charge in [-0.3, -0.25) is 14.4 Å². The number of hydrogen-bond acceptors (Lipinski definition) is 4. The molecule has 1 aromatic heterocycles. The number of primary amides is 1. The van der Waals surface area contributed by atoms with Crippen LogP contribution in [0.5, 0.6) is 0 Å². The second-order valence-corrected chi connectivity index (χ2v) is 9.00. The zero-order chi connectivity index (χ0) is 20.3. The second kappa shape index (κ2) is 8.45. The number of amides is 2. The molecular weight excluding hydrogens is 444 g/mol. The first-order chi connectivity index (χ1) is 13.3. The summed E-state index contributed by atoms with van der Waals surface area (Å²) < 4.78 is 0.873. The number of nitrogens with two attached hydrogens (primary N) is 1. The van der Waals surface area contributed by atoms with Crippen LogP contribution < -0.4 is 11.1 Å². The number of rotatable bonds is 6. The van der Waals surface area contributed by atoms with E-state index < -0.39 is 17.3 Å². The molecule has 2 aromatic rings. The third-order valence-electron chi connectivity index (χ3n) is 5.04. The molecule has 0 bridgehead atoms. The molecule has 0 radical (unpaired) electrons. The summed E-state index contributed by atoms with van der Waals surface area (Å²) >= 11 is 4.97. The first kappa shape index (κ1) is 20.5. The molecule has 0 aliphatic heterocycles. The highest BCUT2D eigenvalue weighted by Crippen LogP contribution is 2.39. The number of benzene rings is 1. The molecule has 1 heterocycles. The van der Waals surface area contributed by atoms with Crippen LogP contribution in [0.2, 0.25) is 0 Å². The molecule has 3 rings (SSSR count). The van der Waals surface area contributed by atoms with E-state index in [0.717, 1.165) is 39.1 Å². The lowest BCUT2D eigenvalue weighted by Gasteiger charge is -2.31. The lowest BCUT2D eigenvalue weighted by Crippen LogP contribution is -2.44. The van der Waals surface area contributed by atoms with Crippen molar-refractivity contribution in [1.29, 1.82) is 0 Å². The number of nitrogens with one attached hydrogen (secondary N) is 1.